The molecule has 0 radical (unpaired) electrons. The second-order valence-electron chi connectivity index (χ2n) is 4.51. The maximum absolute atomic E-state index is 10.2. The molecular weight excluding hydrogens is 262 g/mol. The maximum atomic E-state index is 10.2. The van der Waals surface area contributed by atoms with Gasteiger partial charge >= 0.3 is 0 Å². The van der Waals surface area contributed by atoms with Crippen LogP contribution in [0.2, 0.25) is 5.02 Å². The maximum Gasteiger partial charge on any atom is 0.157 e. The predicted molar refractivity (Wildman–Crippen MR) is 75.8 cm³/mol. The molecule has 0 fully saturated rings. The molecule has 1 aromatic heterocycles. The molecule has 98 valence electrons. The number of nitrogens with one attached hydrogen (secondary N) is 1. The largest absolute Gasteiger partial charge is 0.369 e. The number of aliphatic hydroxyl groups is 1. The molecule has 3 rings (SSSR count). The van der Waals surface area contributed by atoms with E-state index >= 15 is 0 Å². The number of aromatic nitrogens is 1. The van der Waals surface area contributed by atoms with Crippen LogP contribution in [0.25, 0.3) is 0 Å². The van der Waals surface area contributed by atoms with E-state index in [0.29, 0.717) is 6.54 Å². The lowest BCUT2D eigenvalue weighted by molar-refractivity contribution is 0.0552. The van der Waals surface area contributed by atoms with Gasteiger partial charge in [0.05, 0.1) is 6.34 Å². The molecule has 1 unspecified atom stereocenters. The number of aliphatic hydroxyl groups excluding tert-OH is 1. The first kappa shape index (κ1) is 12.3. The Kier molecular flexibility index (Phi) is 3.27. The monoisotopic (exact) mass is 275 g/mol. The van der Waals surface area contributed by atoms with Crippen LogP contribution in [0.5, 0.6) is 0 Å². The molecule has 2 N–H and O–H groups in total. The molecule has 0 spiro atoms. The van der Waals surface area contributed by atoms with Crippen molar-refractivity contribution in [3.05, 3.63) is 52.7 Å². The van der Waals surface area contributed by atoms with E-state index in [4.69, 9.17) is 11.6 Å². The topological polar surface area (TPSA) is 51.6 Å². The van der Waals surface area contributed by atoms with Crippen molar-refractivity contribution in [2.75, 3.05) is 6.54 Å². The second-order valence-corrected chi connectivity index (χ2v) is 4.95. The number of aromatic amines is 1. The minimum Gasteiger partial charge on any atom is -0.369 e. The zero-order chi connectivity index (χ0) is 13.2. The molecule has 2 heterocycles. The summed E-state index contributed by atoms with van der Waals surface area (Å²) in [7, 11) is 0. The van der Waals surface area contributed by atoms with Crippen molar-refractivity contribution in [1.29, 1.82) is 0 Å². The van der Waals surface area contributed by atoms with Gasteiger partial charge in [-0.3, -0.25) is 0 Å². The molecule has 1 aliphatic rings. The van der Waals surface area contributed by atoms with Gasteiger partial charge in [0.2, 0.25) is 0 Å². The minimum atomic E-state index is -0.633. The van der Waals surface area contributed by atoms with E-state index in [9.17, 15) is 5.11 Å². The van der Waals surface area contributed by atoms with Crippen LogP contribution in [0.4, 0.5) is 5.82 Å². The molecule has 0 amide bonds. The summed E-state index contributed by atoms with van der Waals surface area (Å²) in [6.45, 7) is 0.705. The lowest BCUT2D eigenvalue weighted by Gasteiger charge is -2.28. The van der Waals surface area contributed by atoms with Crippen LogP contribution in [-0.2, 0) is 6.42 Å². The first-order valence-corrected chi connectivity index (χ1v) is 6.51. The molecule has 5 heteroatoms. The Balaban J connectivity index is 1.67. The summed E-state index contributed by atoms with van der Waals surface area (Å²) in [6.07, 6.45) is 3.67. The van der Waals surface area contributed by atoms with Gasteiger partial charge in [0.15, 0.2) is 6.23 Å². The Morgan fingerprint density at radius 2 is 2.05 bits per heavy atom. The highest BCUT2D eigenvalue weighted by atomic mass is 35.5. The number of nitrogens with zero attached hydrogens (tertiary/aromatic N) is 2. The number of hydrogen-bond acceptors (Lipinski definition) is 3. The molecule has 4 nitrogen and oxygen atoms in total. The third-order valence-electron chi connectivity index (χ3n) is 3.26. The smallest absolute Gasteiger partial charge is 0.157 e. The molecule has 1 aliphatic heterocycles. The van der Waals surface area contributed by atoms with Crippen LogP contribution in [0.1, 0.15) is 17.4 Å². The van der Waals surface area contributed by atoms with Gasteiger partial charge in [-0.25, -0.2) is 4.99 Å². The van der Waals surface area contributed by atoms with E-state index in [-0.39, 0.29) is 0 Å². The van der Waals surface area contributed by atoms with Gasteiger partial charge in [-0.05, 0) is 30.2 Å². The van der Waals surface area contributed by atoms with Crippen molar-refractivity contribution in [3.8, 4) is 0 Å². The Labute approximate surface area is 116 Å². The number of H-pyrrole nitrogens is 1. The number of rotatable bonds is 3. The van der Waals surface area contributed by atoms with Gasteiger partial charge in [-0.15, -0.1) is 0 Å². The van der Waals surface area contributed by atoms with E-state index in [1.807, 2.05) is 35.2 Å². The highest BCUT2D eigenvalue weighted by Gasteiger charge is 2.22. The Bertz CT molecular complexity index is 591. The molecule has 0 bridgehead atoms. The average Bonchev–Trinajstić information content (AvgIpc) is 2.89. The number of halogens is 1. The Morgan fingerprint density at radius 3 is 2.84 bits per heavy atom. The molecule has 2 aromatic rings. The van der Waals surface area contributed by atoms with Crippen LogP contribution < -0.4 is 0 Å². The van der Waals surface area contributed by atoms with Crippen LogP contribution in [0.15, 0.2) is 41.5 Å². The SMILES string of the molecule is OC1c2cc[nH]c2N=CN1CCc1ccc(Cl)cc1. The number of benzene rings is 1. The lowest BCUT2D eigenvalue weighted by Crippen LogP contribution is -2.31. The molecule has 0 saturated heterocycles. The first-order valence-electron chi connectivity index (χ1n) is 6.14. The third kappa shape index (κ3) is 2.50. The quantitative estimate of drug-likeness (QED) is 0.905. The van der Waals surface area contributed by atoms with Crippen LogP contribution in [0.3, 0.4) is 0 Å². The zero-order valence-corrected chi connectivity index (χ0v) is 11.0. The number of fused-ring (bicyclic) bond motifs is 1. The summed E-state index contributed by atoms with van der Waals surface area (Å²) in [5, 5.41) is 11.0. The number of aliphatic imine (C=N–C) groups is 1. The summed E-state index contributed by atoms with van der Waals surface area (Å²) in [5.41, 5.74) is 2.00. The Morgan fingerprint density at radius 1 is 1.26 bits per heavy atom. The summed E-state index contributed by atoms with van der Waals surface area (Å²) in [5.74, 6) is 0.732. The van der Waals surface area contributed by atoms with E-state index in [1.165, 1.54) is 5.56 Å². The third-order valence-corrected chi connectivity index (χ3v) is 3.51. The zero-order valence-electron chi connectivity index (χ0n) is 10.3. The normalized spacial score (nSPS) is 17.6. The van der Waals surface area contributed by atoms with Crippen molar-refractivity contribution >= 4 is 23.8 Å². The summed E-state index contributed by atoms with van der Waals surface area (Å²) < 4.78 is 0. The van der Waals surface area contributed by atoms with Gasteiger partial charge in [-0.1, -0.05) is 23.7 Å². The van der Waals surface area contributed by atoms with Crippen molar-refractivity contribution in [2.45, 2.75) is 12.6 Å². The van der Waals surface area contributed by atoms with Gasteiger partial charge in [-0.2, -0.15) is 0 Å². The fourth-order valence-electron chi connectivity index (χ4n) is 2.16. The number of hydrogen-bond donors (Lipinski definition) is 2. The van der Waals surface area contributed by atoms with E-state index in [1.54, 1.807) is 12.5 Å². The van der Waals surface area contributed by atoms with E-state index in [2.05, 4.69) is 9.98 Å². The molecule has 1 atom stereocenters. The molecule has 19 heavy (non-hydrogen) atoms. The van der Waals surface area contributed by atoms with Crippen molar-refractivity contribution < 1.29 is 5.11 Å². The van der Waals surface area contributed by atoms with Crippen LogP contribution in [0, 0.1) is 0 Å². The summed E-state index contributed by atoms with van der Waals surface area (Å²) >= 11 is 5.85. The first-order chi connectivity index (χ1) is 9.24. The van der Waals surface area contributed by atoms with Crippen molar-refractivity contribution in [3.63, 3.8) is 0 Å². The highest BCUT2D eigenvalue weighted by Crippen LogP contribution is 2.29. The van der Waals surface area contributed by atoms with Crippen molar-refractivity contribution in [2.24, 2.45) is 4.99 Å². The van der Waals surface area contributed by atoms with Crippen LogP contribution >= 0.6 is 11.6 Å². The second kappa shape index (κ2) is 5.07. The van der Waals surface area contributed by atoms with E-state index < -0.39 is 6.23 Å². The summed E-state index contributed by atoms with van der Waals surface area (Å²) in [4.78, 5) is 9.09. The van der Waals surface area contributed by atoms with Gasteiger partial charge in [0, 0.05) is 23.3 Å². The van der Waals surface area contributed by atoms with Crippen molar-refractivity contribution in [1.82, 2.24) is 9.88 Å². The molecular formula is C14H14ClN3O. The Hall–Kier alpha value is -1.78. The lowest BCUT2D eigenvalue weighted by atomic mass is 10.1. The molecule has 0 aliphatic carbocycles. The minimum absolute atomic E-state index is 0.633. The van der Waals surface area contributed by atoms with Gasteiger partial charge < -0.3 is 15.0 Å². The fourth-order valence-corrected chi connectivity index (χ4v) is 2.28. The average molecular weight is 276 g/mol. The predicted octanol–water partition coefficient (Wildman–Crippen LogP) is 2.88. The van der Waals surface area contributed by atoms with Gasteiger partial charge in [0.1, 0.15) is 5.82 Å². The molecule has 1 aromatic carbocycles. The summed E-state index contributed by atoms with van der Waals surface area (Å²) in [6, 6.07) is 9.60. The molecule has 0 saturated carbocycles. The van der Waals surface area contributed by atoms with Crippen LogP contribution in [-0.4, -0.2) is 27.9 Å². The standard InChI is InChI=1S/C14H14ClN3O/c15-11-3-1-10(2-4-11)6-8-18-9-17-13-12(14(18)19)5-7-16-13/h1-5,7,9,14,16,19H,6,8H2. The highest BCUT2D eigenvalue weighted by molar-refractivity contribution is 6.30. The fraction of sp³-hybridized carbons (Fsp3) is 0.214. The van der Waals surface area contributed by atoms with Gasteiger partial charge in [0.25, 0.3) is 0 Å². The van der Waals surface area contributed by atoms with E-state index in [0.717, 1.165) is 22.8 Å².